The molecule has 4 N–H and O–H groups in total. The van der Waals surface area contributed by atoms with E-state index in [0.717, 1.165) is 6.07 Å². The fourth-order valence-electron chi connectivity index (χ4n) is 3.54. The van der Waals surface area contributed by atoms with Crippen LogP contribution in [0, 0.1) is 5.92 Å². The van der Waals surface area contributed by atoms with Gasteiger partial charge in [0, 0.05) is 11.4 Å². The van der Waals surface area contributed by atoms with E-state index in [1.165, 1.54) is 12.1 Å². The van der Waals surface area contributed by atoms with Gasteiger partial charge in [0.05, 0.1) is 27.7 Å². The predicted molar refractivity (Wildman–Crippen MR) is 129 cm³/mol. The third-order valence-corrected chi connectivity index (χ3v) is 5.86. The summed E-state index contributed by atoms with van der Waals surface area (Å²) in [5.41, 5.74) is -3.98. The van der Waals surface area contributed by atoms with Crippen LogP contribution in [0.5, 0.6) is 0 Å². The number of hydrogen-bond donors (Lipinski definition) is 4. The lowest BCUT2D eigenvalue weighted by atomic mass is 9.75. The molecule has 208 valence electrons. The normalized spacial score (nSPS) is 13.7. The molecule has 2 aromatic carbocycles. The summed E-state index contributed by atoms with van der Waals surface area (Å²) in [7, 11) is -2.04. The van der Waals surface area contributed by atoms with Crippen LogP contribution < -0.4 is 10.6 Å². The van der Waals surface area contributed by atoms with Crippen LogP contribution in [0.4, 0.5) is 26.3 Å². The summed E-state index contributed by atoms with van der Waals surface area (Å²) in [5.74, 6) is -3.46. The second kappa shape index (κ2) is 12.6. The molecule has 0 spiro atoms. The van der Waals surface area contributed by atoms with Gasteiger partial charge in [-0.25, -0.2) is 0 Å². The van der Waals surface area contributed by atoms with Crippen molar-refractivity contribution in [2.24, 2.45) is 5.92 Å². The van der Waals surface area contributed by atoms with Crippen molar-refractivity contribution < 1.29 is 46.0 Å². The molecule has 38 heavy (non-hydrogen) atoms. The molecule has 0 aromatic heterocycles. The van der Waals surface area contributed by atoms with Gasteiger partial charge in [-0.2, -0.15) is 26.3 Å². The molecule has 0 saturated heterocycles. The van der Waals surface area contributed by atoms with Gasteiger partial charge in [0.15, 0.2) is 0 Å². The number of benzene rings is 2. The van der Waals surface area contributed by atoms with Crippen molar-refractivity contribution in [1.29, 1.82) is 0 Å². The number of nitrogens with one attached hydrogen (secondary N) is 2. The molecule has 2 rings (SSSR count). The first-order valence-corrected chi connectivity index (χ1v) is 11.8. The van der Waals surface area contributed by atoms with Crippen LogP contribution in [-0.2, 0) is 23.6 Å². The Morgan fingerprint density at radius 2 is 1.47 bits per heavy atom. The van der Waals surface area contributed by atoms with Gasteiger partial charge >= 0.3 is 19.5 Å². The highest BCUT2D eigenvalue weighted by molar-refractivity contribution is 6.43. The van der Waals surface area contributed by atoms with E-state index in [9.17, 15) is 46.0 Å². The molecule has 0 aliphatic rings. The summed E-state index contributed by atoms with van der Waals surface area (Å²) in [6.07, 6.45) is -11.0. The summed E-state index contributed by atoms with van der Waals surface area (Å²) in [6.45, 7) is 3.42. The predicted octanol–water partition coefficient (Wildman–Crippen LogP) is 4.92. The lowest BCUT2D eigenvalue weighted by Gasteiger charge is -2.25. The van der Waals surface area contributed by atoms with Crippen molar-refractivity contribution in [2.75, 3.05) is 0 Å². The van der Waals surface area contributed by atoms with Gasteiger partial charge in [0.1, 0.15) is 6.04 Å². The molecule has 6 nitrogen and oxygen atoms in total. The van der Waals surface area contributed by atoms with Gasteiger partial charge in [-0.3, -0.25) is 9.59 Å². The maximum Gasteiger partial charge on any atom is 0.475 e. The van der Waals surface area contributed by atoms with Gasteiger partial charge in [0.2, 0.25) is 5.91 Å². The lowest BCUT2D eigenvalue weighted by molar-refractivity contribution is -0.143. The molecule has 0 radical (unpaired) electrons. The molecule has 2 atom stereocenters. The number of carbonyl (C=O) groups is 2. The Hall–Kier alpha value is -2.48. The molecule has 0 aliphatic heterocycles. The smallest absolute Gasteiger partial charge is 0.426 e. The minimum absolute atomic E-state index is 0.0615. The molecule has 15 heteroatoms. The molecule has 0 unspecified atom stereocenters. The third-order valence-electron chi connectivity index (χ3n) is 5.30. The van der Waals surface area contributed by atoms with Crippen LogP contribution in [0.2, 0.25) is 10.0 Å². The molecule has 2 amide bonds. The second-order valence-electron chi connectivity index (χ2n) is 8.93. The first-order valence-electron chi connectivity index (χ1n) is 11.1. The van der Waals surface area contributed by atoms with E-state index in [0.29, 0.717) is 12.1 Å². The first-order chi connectivity index (χ1) is 17.4. The zero-order chi connectivity index (χ0) is 29.0. The van der Waals surface area contributed by atoms with Gasteiger partial charge in [-0.05, 0) is 54.3 Å². The highest BCUT2D eigenvalue weighted by Gasteiger charge is 2.38. The maximum atomic E-state index is 13.3. The van der Waals surface area contributed by atoms with E-state index in [4.69, 9.17) is 23.2 Å². The largest absolute Gasteiger partial charge is 0.475 e. The van der Waals surface area contributed by atoms with Crippen LogP contribution in [0.1, 0.15) is 47.3 Å². The van der Waals surface area contributed by atoms with E-state index in [1.54, 1.807) is 13.8 Å². The van der Waals surface area contributed by atoms with E-state index < -0.39 is 66.4 Å². The second-order valence-corrected chi connectivity index (χ2v) is 9.77. The van der Waals surface area contributed by atoms with Crippen molar-refractivity contribution in [1.82, 2.24) is 10.6 Å². The average Bonchev–Trinajstić information content (AvgIpc) is 2.77. The molecule has 0 fully saturated rings. The zero-order valence-electron chi connectivity index (χ0n) is 19.9. The monoisotopic (exact) mass is 586 g/mol. The van der Waals surface area contributed by atoms with Crippen LogP contribution in [0.3, 0.4) is 0 Å². The highest BCUT2D eigenvalue weighted by atomic mass is 35.5. The lowest BCUT2D eigenvalue weighted by Crippen LogP contribution is -2.55. The summed E-state index contributed by atoms with van der Waals surface area (Å²) in [6, 6.07) is 2.85. The Labute approximate surface area is 224 Å². The van der Waals surface area contributed by atoms with Crippen molar-refractivity contribution in [3.05, 3.63) is 68.7 Å². The zero-order valence-corrected chi connectivity index (χ0v) is 21.4. The number of carbonyl (C=O) groups excluding carboxylic acids is 2. The third kappa shape index (κ3) is 9.07. The minimum Gasteiger partial charge on any atom is -0.426 e. The van der Waals surface area contributed by atoms with E-state index >= 15 is 0 Å². The summed E-state index contributed by atoms with van der Waals surface area (Å²) < 4.78 is 80.0. The molecule has 0 bridgehead atoms. The molecular formula is C23H23BCl2F6N2O4. The summed E-state index contributed by atoms with van der Waals surface area (Å²) >= 11 is 11.9. The number of halogens is 8. The molecule has 2 aromatic rings. The standard InChI is InChI=1S/C23H23BCl2F6N2O4/c1-11(2)5-19(24(37)38)34-21(36)18(33-20(35)16-10-15(25)3-4-17(16)26)8-12-6-13(22(27,28)29)9-14(7-12)23(30,31)32/h3-4,6-7,9-11,18-19,37-38H,5,8H2,1-2H3,(H,33,35)(H,34,36)/t18-,19-/m0/s1. The Kier molecular flexibility index (Phi) is 10.5. The van der Waals surface area contributed by atoms with Crippen LogP contribution in [0.15, 0.2) is 36.4 Å². The average molecular weight is 587 g/mol. The van der Waals surface area contributed by atoms with Crippen LogP contribution >= 0.6 is 23.2 Å². The van der Waals surface area contributed by atoms with E-state index in [-0.39, 0.29) is 34.0 Å². The van der Waals surface area contributed by atoms with Gasteiger partial charge in [0.25, 0.3) is 5.91 Å². The van der Waals surface area contributed by atoms with Crippen molar-refractivity contribution in [3.8, 4) is 0 Å². The van der Waals surface area contributed by atoms with Gasteiger partial charge in [-0.15, -0.1) is 0 Å². The Morgan fingerprint density at radius 1 is 0.921 bits per heavy atom. The topological polar surface area (TPSA) is 98.7 Å². The number of alkyl halides is 6. The van der Waals surface area contributed by atoms with Gasteiger partial charge < -0.3 is 20.7 Å². The van der Waals surface area contributed by atoms with E-state index in [1.807, 2.05) is 0 Å². The number of amides is 2. The number of rotatable bonds is 9. The highest BCUT2D eigenvalue weighted by Crippen LogP contribution is 2.36. The van der Waals surface area contributed by atoms with Crippen molar-refractivity contribution >= 4 is 42.1 Å². The van der Waals surface area contributed by atoms with Gasteiger partial charge in [-0.1, -0.05) is 37.0 Å². The van der Waals surface area contributed by atoms with Crippen LogP contribution in [0.25, 0.3) is 0 Å². The quantitative estimate of drug-likeness (QED) is 0.248. The molecular weight excluding hydrogens is 564 g/mol. The van der Waals surface area contributed by atoms with Crippen LogP contribution in [-0.4, -0.2) is 41.0 Å². The van der Waals surface area contributed by atoms with Crippen molar-refractivity contribution in [3.63, 3.8) is 0 Å². The summed E-state index contributed by atoms with van der Waals surface area (Å²) in [4.78, 5) is 26.0. The van der Waals surface area contributed by atoms with E-state index in [2.05, 4.69) is 10.6 Å². The Balaban J connectivity index is 2.51. The van der Waals surface area contributed by atoms with Crippen molar-refractivity contribution in [2.45, 2.75) is 51.0 Å². The minimum atomic E-state index is -5.13. The fourth-order valence-corrected chi connectivity index (χ4v) is 3.91. The summed E-state index contributed by atoms with van der Waals surface area (Å²) in [5, 5.41) is 23.8. The maximum absolute atomic E-state index is 13.3. The Bertz CT molecular complexity index is 1130. The molecule has 0 heterocycles. The molecule has 0 aliphatic carbocycles. The SMILES string of the molecule is CC(C)C[C@H](NC(=O)[C@H](Cc1cc(C(F)(F)F)cc(C(F)(F)F)c1)NC(=O)c1cc(Cl)ccc1Cl)B(O)O. The Morgan fingerprint density at radius 3 is 1.95 bits per heavy atom. The number of hydrogen-bond acceptors (Lipinski definition) is 4. The molecule has 0 saturated carbocycles. The fraction of sp³-hybridized carbons (Fsp3) is 0.391. The first kappa shape index (κ1) is 31.7.